The number of piperazine rings is 1. The molecule has 0 spiro atoms. The van der Waals surface area contributed by atoms with E-state index >= 15 is 0 Å². The Labute approximate surface area is 98.4 Å². The molecule has 1 aromatic carbocycles. The smallest absolute Gasteiger partial charge is 0.0447 e. The second kappa shape index (κ2) is 4.56. The molecule has 2 nitrogen and oxygen atoms in total. The molecule has 2 N–H and O–H groups in total. The average molecular weight is 218 g/mol. The fourth-order valence-corrected chi connectivity index (χ4v) is 2.10. The summed E-state index contributed by atoms with van der Waals surface area (Å²) in [6.45, 7) is 9.93. The van der Waals surface area contributed by atoms with Gasteiger partial charge in [0.1, 0.15) is 0 Å². The Hall–Kier alpha value is -0.860. The van der Waals surface area contributed by atoms with Crippen molar-refractivity contribution in [1.82, 2.24) is 10.6 Å². The van der Waals surface area contributed by atoms with E-state index in [1.165, 1.54) is 11.1 Å². The molecule has 1 unspecified atom stereocenters. The van der Waals surface area contributed by atoms with E-state index < -0.39 is 0 Å². The predicted molar refractivity (Wildman–Crippen MR) is 68.8 cm³/mol. The third kappa shape index (κ3) is 2.63. The van der Waals surface area contributed by atoms with E-state index in [2.05, 4.69) is 55.7 Å². The Kier molecular flexibility index (Phi) is 3.31. The summed E-state index contributed by atoms with van der Waals surface area (Å²) < 4.78 is 0. The van der Waals surface area contributed by atoms with Gasteiger partial charge >= 0.3 is 0 Å². The second-order valence-corrected chi connectivity index (χ2v) is 5.58. The molecule has 1 heterocycles. The summed E-state index contributed by atoms with van der Waals surface area (Å²) in [7, 11) is 0. The zero-order chi connectivity index (χ0) is 11.6. The Morgan fingerprint density at radius 1 is 1.06 bits per heavy atom. The highest BCUT2D eigenvalue weighted by molar-refractivity contribution is 5.29. The summed E-state index contributed by atoms with van der Waals surface area (Å²) >= 11 is 0. The van der Waals surface area contributed by atoms with Crippen molar-refractivity contribution in [3.05, 3.63) is 35.4 Å². The SMILES string of the molecule is CC(C)(C)c1ccc(C2CNCCN2)cc1. The van der Waals surface area contributed by atoms with Crippen LogP contribution >= 0.6 is 0 Å². The molecule has 1 atom stereocenters. The fourth-order valence-electron chi connectivity index (χ4n) is 2.10. The van der Waals surface area contributed by atoms with Crippen molar-refractivity contribution in [2.75, 3.05) is 19.6 Å². The lowest BCUT2D eigenvalue weighted by atomic mass is 9.86. The van der Waals surface area contributed by atoms with Crippen LogP contribution in [0.4, 0.5) is 0 Å². The van der Waals surface area contributed by atoms with Crippen LogP contribution in [0.1, 0.15) is 37.9 Å². The zero-order valence-corrected chi connectivity index (χ0v) is 10.5. The molecular weight excluding hydrogens is 196 g/mol. The maximum absolute atomic E-state index is 3.53. The van der Waals surface area contributed by atoms with Crippen molar-refractivity contribution in [1.29, 1.82) is 0 Å². The lowest BCUT2D eigenvalue weighted by Crippen LogP contribution is -2.42. The van der Waals surface area contributed by atoms with Crippen LogP contribution in [0.15, 0.2) is 24.3 Å². The molecule has 0 aromatic heterocycles. The van der Waals surface area contributed by atoms with E-state index in [0.717, 1.165) is 19.6 Å². The standard InChI is InChI=1S/C14H22N2/c1-14(2,3)12-6-4-11(5-7-12)13-10-15-8-9-16-13/h4-7,13,15-16H,8-10H2,1-3H3. The van der Waals surface area contributed by atoms with E-state index in [-0.39, 0.29) is 5.41 Å². The van der Waals surface area contributed by atoms with Crippen molar-refractivity contribution < 1.29 is 0 Å². The Balaban J connectivity index is 2.12. The number of hydrogen-bond acceptors (Lipinski definition) is 2. The molecule has 1 saturated heterocycles. The van der Waals surface area contributed by atoms with Gasteiger partial charge in [0.15, 0.2) is 0 Å². The summed E-state index contributed by atoms with van der Waals surface area (Å²) in [5.74, 6) is 0. The van der Waals surface area contributed by atoms with E-state index in [4.69, 9.17) is 0 Å². The van der Waals surface area contributed by atoms with Crippen LogP contribution in [0.5, 0.6) is 0 Å². The topological polar surface area (TPSA) is 24.1 Å². The molecule has 16 heavy (non-hydrogen) atoms. The predicted octanol–water partition coefficient (Wildman–Crippen LogP) is 2.22. The van der Waals surface area contributed by atoms with Gasteiger partial charge in [0.2, 0.25) is 0 Å². The lowest BCUT2D eigenvalue weighted by molar-refractivity contribution is 0.430. The van der Waals surface area contributed by atoms with Gasteiger partial charge < -0.3 is 10.6 Å². The van der Waals surface area contributed by atoms with Gasteiger partial charge in [-0.05, 0) is 16.5 Å². The van der Waals surface area contributed by atoms with Crippen molar-refractivity contribution >= 4 is 0 Å². The van der Waals surface area contributed by atoms with Crippen molar-refractivity contribution in [3.8, 4) is 0 Å². The van der Waals surface area contributed by atoms with Crippen molar-refractivity contribution in [2.45, 2.75) is 32.2 Å². The first-order chi connectivity index (χ1) is 7.57. The third-order valence-corrected chi connectivity index (χ3v) is 3.22. The number of hydrogen-bond donors (Lipinski definition) is 2. The first-order valence-electron chi connectivity index (χ1n) is 6.12. The average Bonchev–Trinajstić information content (AvgIpc) is 2.29. The number of benzene rings is 1. The molecule has 88 valence electrons. The highest BCUT2D eigenvalue weighted by Gasteiger charge is 2.16. The van der Waals surface area contributed by atoms with Crippen LogP contribution in [0, 0.1) is 0 Å². The van der Waals surface area contributed by atoms with Gasteiger partial charge in [-0.3, -0.25) is 0 Å². The van der Waals surface area contributed by atoms with E-state index in [1.807, 2.05) is 0 Å². The summed E-state index contributed by atoms with van der Waals surface area (Å²) in [4.78, 5) is 0. The molecular formula is C14H22N2. The second-order valence-electron chi connectivity index (χ2n) is 5.58. The minimum absolute atomic E-state index is 0.247. The molecule has 2 rings (SSSR count). The largest absolute Gasteiger partial charge is 0.314 e. The van der Waals surface area contributed by atoms with Crippen LogP contribution in [0.25, 0.3) is 0 Å². The Morgan fingerprint density at radius 2 is 1.75 bits per heavy atom. The first-order valence-corrected chi connectivity index (χ1v) is 6.12. The molecule has 2 heteroatoms. The normalized spacial score (nSPS) is 22.1. The first kappa shape index (κ1) is 11.6. The van der Waals surface area contributed by atoms with Crippen LogP contribution in [-0.4, -0.2) is 19.6 Å². The lowest BCUT2D eigenvalue weighted by Gasteiger charge is -2.26. The summed E-state index contributed by atoms with van der Waals surface area (Å²) in [6, 6.07) is 9.50. The summed E-state index contributed by atoms with van der Waals surface area (Å²) in [5.41, 5.74) is 3.04. The molecule has 1 fully saturated rings. The minimum atomic E-state index is 0.247. The van der Waals surface area contributed by atoms with Gasteiger partial charge in [-0.2, -0.15) is 0 Å². The van der Waals surface area contributed by atoms with Crippen LogP contribution < -0.4 is 10.6 Å². The van der Waals surface area contributed by atoms with Crippen LogP contribution in [-0.2, 0) is 5.41 Å². The van der Waals surface area contributed by atoms with Gasteiger partial charge in [0.05, 0.1) is 0 Å². The molecule has 0 aliphatic carbocycles. The highest BCUT2D eigenvalue weighted by Crippen LogP contribution is 2.24. The van der Waals surface area contributed by atoms with Crippen LogP contribution in [0.3, 0.4) is 0 Å². The third-order valence-electron chi connectivity index (χ3n) is 3.22. The number of nitrogens with one attached hydrogen (secondary N) is 2. The molecule has 0 amide bonds. The van der Waals surface area contributed by atoms with Gasteiger partial charge in [-0.25, -0.2) is 0 Å². The van der Waals surface area contributed by atoms with Crippen molar-refractivity contribution in [2.24, 2.45) is 0 Å². The fraction of sp³-hybridized carbons (Fsp3) is 0.571. The molecule has 1 aromatic rings. The molecule has 1 aliphatic rings. The van der Waals surface area contributed by atoms with Gasteiger partial charge in [0.25, 0.3) is 0 Å². The van der Waals surface area contributed by atoms with Gasteiger partial charge in [0, 0.05) is 25.7 Å². The zero-order valence-electron chi connectivity index (χ0n) is 10.5. The van der Waals surface area contributed by atoms with Crippen molar-refractivity contribution in [3.63, 3.8) is 0 Å². The molecule has 1 aliphatic heterocycles. The van der Waals surface area contributed by atoms with Gasteiger partial charge in [-0.15, -0.1) is 0 Å². The minimum Gasteiger partial charge on any atom is -0.314 e. The maximum atomic E-state index is 3.53. The summed E-state index contributed by atoms with van der Waals surface area (Å²) in [6.07, 6.45) is 0. The molecule has 0 saturated carbocycles. The highest BCUT2D eigenvalue weighted by atomic mass is 15.1. The van der Waals surface area contributed by atoms with Crippen LogP contribution in [0.2, 0.25) is 0 Å². The summed E-state index contributed by atoms with van der Waals surface area (Å²) in [5, 5.41) is 6.95. The van der Waals surface area contributed by atoms with E-state index in [9.17, 15) is 0 Å². The van der Waals surface area contributed by atoms with E-state index in [1.54, 1.807) is 0 Å². The monoisotopic (exact) mass is 218 g/mol. The Morgan fingerprint density at radius 3 is 2.25 bits per heavy atom. The Bertz CT molecular complexity index is 329. The molecule has 0 bridgehead atoms. The van der Waals surface area contributed by atoms with E-state index in [0.29, 0.717) is 6.04 Å². The molecule has 0 radical (unpaired) electrons. The quantitative estimate of drug-likeness (QED) is 0.755. The number of rotatable bonds is 1. The maximum Gasteiger partial charge on any atom is 0.0447 e. The van der Waals surface area contributed by atoms with Gasteiger partial charge in [-0.1, -0.05) is 45.0 Å².